The molecule has 0 aliphatic heterocycles. The Balaban J connectivity index is 2.63. The van der Waals surface area contributed by atoms with Crippen molar-refractivity contribution in [3.63, 3.8) is 0 Å². The van der Waals surface area contributed by atoms with Crippen LogP contribution < -0.4 is 10.6 Å². The highest BCUT2D eigenvalue weighted by Gasteiger charge is 2.09. The van der Waals surface area contributed by atoms with Crippen molar-refractivity contribution in [2.75, 3.05) is 6.54 Å². The van der Waals surface area contributed by atoms with Crippen LogP contribution >= 0.6 is 0 Å². The molecule has 1 aromatic rings. The molecular formula is C12H24N6. The summed E-state index contributed by atoms with van der Waals surface area (Å²) >= 11 is 0. The zero-order valence-corrected chi connectivity index (χ0v) is 11.9. The van der Waals surface area contributed by atoms with Crippen molar-refractivity contribution in [1.82, 2.24) is 25.4 Å². The Bertz CT molecular complexity index is 382. The van der Waals surface area contributed by atoms with Gasteiger partial charge in [-0.25, -0.2) is 4.99 Å². The van der Waals surface area contributed by atoms with Crippen molar-refractivity contribution in [3.05, 3.63) is 12.2 Å². The maximum Gasteiger partial charge on any atom is 0.191 e. The van der Waals surface area contributed by atoms with Gasteiger partial charge in [0, 0.05) is 19.6 Å². The van der Waals surface area contributed by atoms with Gasteiger partial charge < -0.3 is 15.2 Å². The average molecular weight is 252 g/mol. The van der Waals surface area contributed by atoms with Crippen LogP contribution in [0.3, 0.4) is 0 Å². The average Bonchev–Trinajstić information content (AvgIpc) is 2.72. The molecule has 0 aliphatic carbocycles. The molecule has 0 saturated carbocycles. The quantitative estimate of drug-likeness (QED) is 0.604. The number of nitrogens with zero attached hydrogens (tertiary/aromatic N) is 4. The molecule has 2 N–H and O–H groups in total. The molecule has 0 aliphatic rings. The van der Waals surface area contributed by atoms with E-state index in [1.807, 2.05) is 11.6 Å². The second-order valence-electron chi connectivity index (χ2n) is 4.73. The molecule has 0 aromatic carbocycles. The lowest BCUT2D eigenvalue weighted by atomic mass is 10.1. The van der Waals surface area contributed by atoms with Crippen LogP contribution in [0.1, 0.15) is 33.5 Å². The molecule has 1 rings (SSSR count). The standard InChI is InChI=1S/C12H24N6/c1-6-13-12(16-10(4)9(2)3)14-7-11-17-15-8-18(11)5/h8-10H,6-7H2,1-5H3,(H2,13,14,16). The molecule has 0 spiro atoms. The number of rotatable bonds is 5. The summed E-state index contributed by atoms with van der Waals surface area (Å²) in [6, 6.07) is 0.377. The Labute approximate surface area is 109 Å². The topological polar surface area (TPSA) is 67.1 Å². The normalized spacial score (nSPS) is 13.8. The first-order valence-electron chi connectivity index (χ1n) is 6.42. The van der Waals surface area contributed by atoms with Crippen molar-refractivity contribution in [1.29, 1.82) is 0 Å². The number of nitrogens with one attached hydrogen (secondary N) is 2. The first-order chi connectivity index (χ1) is 8.54. The molecule has 6 heteroatoms. The summed E-state index contributed by atoms with van der Waals surface area (Å²) in [7, 11) is 1.92. The number of guanidine groups is 1. The van der Waals surface area contributed by atoms with Gasteiger partial charge >= 0.3 is 0 Å². The fourth-order valence-electron chi connectivity index (χ4n) is 1.30. The van der Waals surface area contributed by atoms with Crippen LogP contribution in [0.15, 0.2) is 11.3 Å². The smallest absolute Gasteiger partial charge is 0.191 e. The predicted octanol–water partition coefficient (Wildman–Crippen LogP) is 0.915. The van der Waals surface area contributed by atoms with Gasteiger partial charge in [-0.05, 0) is 19.8 Å². The molecular weight excluding hydrogens is 228 g/mol. The maximum absolute atomic E-state index is 4.51. The summed E-state index contributed by atoms with van der Waals surface area (Å²) in [5, 5.41) is 14.5. The molecule has 1 atom stereocenters. The van der Waals surface area contributed by atoms with Crippen LogP contribution in [0, 0.1) is 5.92 Å². The first-order valence-corrected chi connectivity index (χ1v) is 6.42. The molecule has 0 bridgehead atoms. The summed E-state index contributed by atoms with van der Waals surface area (Å²) in [6.07, 6.45) is 1.68. The van der Waals surface area contributed by atoms with Gasteiger partial charge in [-0.3, -0.25) is 0 Å². The molecule has 0 saturated heterocycles. The fraction of sp³-hybridized carbons (Fsp3) is 0.750. The Kier molecular flexibility index (Phi) is 5.61. The number of aromatic nitrogens is 3. The van der Waals surface area contributed by atoms with E-state index in [1.54, 1.807) is 6.33 Å². The highest BCUT2D eigenvalue weighted by Crippen LogP contribution is 2.00. The van der Waals surface area contributed by atoms with E-state index in [-0.39, 0.29) is 0 Å². The summed E-state index contributed by atoms with van der Waals surface area (Å²) < 4.78 is 1.87. The summed E-state index contributed by atoms with van der Waals surface area (Å²) in [5.41, 5.74) is 0. The number of aryl methyl sites for hydroxylation is 1. The van der Waals surface area contributed by atoms with Crippen LogP contribution in [-0.2, 0) is 13.6 Å². The Morgan fingerprint density at radius 1 is 1.44 bits per heavy atom. The molecule has 1 heterocycles. The van der Waals surface area contributed by atoms with E-state index in [2.05, 4.69) is 53.5 Å². The lowest BCUT2D eigenvalue weighted by molar-refractivity contribution is 0.480. The zero-order valence-electron chi connectivity index (χ0n) is 11.9. The maximum atomic E-state index is 4.51. The van der Waals surface area contributed by atoms with Gasteiger partial charge in [0.25, 0.3) is 0 Å². The molecule has 1 unspecified atom stereocenters. The lowest BCUT2D eigenvalue weighted by Gasteiger charge is -2.20. The van der Waals surface area contributed by atoms with Gasteiger partial charge in [-0.2, -0.15) is 0 Å². The zero-order chi connectivity index (χ0) is 13.5. The first kappa shape index (κ1) is 14.5. The van der Waals surface area contributed by atoms with Crippen molar-refractivity contribution < 1.29 is 0 Å². The van der Waals surface area contributed by atoms with Crippen LogP contribution in [0.5, 0.6) is 0 Å². The van der Waals surface area contributed by atoms with Crippen LogP contribution in [-0.4, -0.2) is 33.3 Å². The number of aliphatic imine (C=N–C) groups is 1. The SMILES string of the molecule is CCNC(=NCc1nncn1C)NC(C)C(C)C. The van der Waals surface area contributed by atoms with Crippen LogP contribution in [0.4, 0.5) is 0 Å². The molecule has 0 amide bonds. The van der Waals surface area contributed by atoms with Crippen LogP contribution in [0.2, 0.25) is 0 Å². The molecule has 1 aromatic heterocycles. The molecule has 102 valence electrons. The van der Waals surface area contributed by atoms with Gasteiger partial charge in [-0.15, -0.1) is 10.2 Å². The molecule has 18 heavy (non-hydrogen) atoms. The Morgan fingerprint density at radius 2 is 2.17 bits per heavy atom. The van der Waals surface area contributed by atoms with E-state index in [1.165, 1.54) is 0 Å². The highest BCUT2D eigenvalue weighted by molar-refractivity contribution is 5.80. The third-order valence-corrected chi connectivity index (χ3v) is 2.89. The van der Waals surface area contributed by atoms with Crippen molar-refractivity contribution in [2.45, 2.75) is 40.3 Å². The summed E-state index contributed by atoms with van der Waals surface area (Å²) in [5.74, 6) is 2.23. The third-order valence-electron chi connectivity index (χ3n) is 2.89. The minimum absolute atomic E-state index is 0.377. The predicted molar refractivity (Wildman–Crippen MR) is 73.3 cm³/mol. The summed E-state index contributed by atoms with van der Waals surface area (Å²) in [4.78, 5) is 4.51. The highest BCUT2D eigenvalue weighted by atomic mass is 15.3. The van der Waals surface area contributed by atoms with Crippen LogP contribution in [0.25, 0.3) is 0 Å². The second kappa shape index (κ2) is 6.98. The largest absolute Gasteiger partial charge is 0.357 e. The number of hydrogen-bond acceptors (Lipinski definition) is 3. The minimum Gasteiger partial charge on any atom is -0.357 e. The lowest BCUT2D eigenvalue weighted by Crippen LogP contribution is -2.44. The van der Waals surface area contributed by atoms with Gasteiger partial charge in [0.15, 0.2) is 11.8 Å². The third kappa shape index (κ3) is 4.35. The molecule has 0 fully saturated rings. The van der Waals surface area contributed by atoms with Gasteiger partial charge in [0.05, 0.1) is 0 Å². The Morgan fingerprint density at radius 3 is 2.67 bits per heavy atom. The minimum atomic E-state index is 0.377. The van der Waals surface area contributed by atoms with Crippen molar-refractivity contribution in [2.24, 2.45) is 18.0 Å². The molecule has 0 radical (unpaired) electrons. The van der Waals surface area contributed by atoms with E-state index in [0.29, 0.717) is 18.5 Å². The van der Waals surface area contributed by atoms with Gasteiger partial charge in [-0.1, -0.05) is 13.8 Å². The van der Waals surface area contributed by atoms with Gasteiger partial charge in [0.2, 0.25) is 0 Å². The van der Waals surface area contributed by atoms with Crippen molar-refractivity contribution >= 4 is 5.96 Å². The Hall–Kier alpha value is -1.59. The van der Waals surface area contributed by atoms with E-state index in [0.717, 1.165) is 18.3 Å². The van der Waals surface area contributed by atoms with Crippen molar-refractivity contribution in [3.8, 4) is 0 Å². The fourth-order valence-corrected chi connectivity index (χ4v) is 1.30. The van der Waals surface area contributed by atoms with E-state index in [9.17, 15) is 0 Å². The molecule has 6 nitrogen and oxygen atoms in total. The number of hydrogen-bond donors (Lipinski definition) is 2. The summed E-state index contributed by atoms with van der Waals surface area (Å²) in [6.45, 7) is 9.94. The monoisotopic (exact) mass is 252 g/mol. The van der Waals surface area contributed by atoms with E-state index in [4.69, 9.17) is 0 Å². The second-order valence-corrected chi connectivity index (χ2v) is 4.73. The van der Waals surface area contributed by atoms with E-state index >= 15 is 0 Å². The van der Waals surface area contributed by atoms with Gasteiger partial charge in [0.1, 0.15) is 12.9 Å². The van der Waals surface area contributed by atoms with E-state index < -0.39 is 0 Å².